The quantitative estimate of drug-likeness (QED) is 0.936. The second kappa shape index (κ2) is 5.75. The average molecular weight is 287 g/mol. The van der Waals surface area contributed by atoms with Gasteiger partial charge in [-0.15, -0.1) is 0 Å². The molecular weight excluding hydrogens is 278 g/mol. The summed E-state index contributed by atoms with van der Waals surface area (Å²) < 4.78 is 31.9. The average Bonchev–Trinajstić information content (AvgIpc) is 2.34. The number of rotatable bonds is 4. The van der Waals surface area contributed by atoms with Crippen LogP contribution in [0.15, 0.2) is 18.2 Å². The van der Waals surface area contributed by atoms with Crippen molar-refractivity contribution in [2.45, 2.75) is 6.92 Å². The van der Waals surface area contributed by atoms with E-state index in [2.05, 4.69) is 20.3 Å². The maximum absolute atomic E-state index is 13.4. The first-order valence-electron chi connectivity index (χ1n) is 5.35. The first-order valence-corrected chi connectivity index (χ1v) is 5.73. The predicted octanol–water partition coefficient (Wildman–Crippen LogP) is 2.95. The van der Waals surface area contributed by atoms with Crippen LogP contribution in [-0.2, 0) is 0 Å². The molecule has 0 amide bonds. The van der Waals surface area contributed by atoms with Crippen molar-refractivity contribution in [2.24, 2.45) is 0 Å². The molecule has 2 aromatic rings. The van der Waals surface area contributed by atoms with Gasteiger partial charge in [0.05, 0.1) is 6.61 Å². The molecule has 5 nitrogen and oxygen atoms in total. The summed E-state index contributed by atoms with van der Waals surface area (Å²) in [6, 6.07) is 3.44. The Morgan fingerprint density at radius 2 is 1.89 bits per heavy atom. The zero-order valence-corrected chi connectivity index (χ0v) is 10.6. The molecule has 0 fully saturated rings. The SMILES string of the molecule is CCOc1nc(Cl)nc(Nc2c(F)cccc2F)n1. The van der Waals surface area contributed by atoms with Crippen LogP contribution in [0.2, 0.25) is 5.28 Å². The second-order valence-corrected chi connectivity index (χ2v) is 3.70. The van der Waals surface area contributed by atoms with Crippen molar-refractivity contribution in [3.05, 3.63) is 35.1 Å². The molecule has 8 heteroatoms. The molecule has 0 bridgehead atoms. The van der Waals surface area contributed by atoms with E-state index in [0.29, 0.717) is 6.61 Å². The lowest BCUT2D eigenvalue weighted by molar-refractivity contribution is 0.312. The predicted molar refractivity (Wildman–Crippen MR) is 65.6 cm³/mol. The van der Waals surface area contributed by atoms with Gasteiger partial charge in [-0.3, -0.25) is 0 Å². The number of ether oxygens (including phenoxy) is 1. The minimum atomic E-state index is -0.769. The molecule has 0 aliphatic carbocycles. The van der Waals surface area contributed by atoms with Crippen LogP contribution in [0.25, 0.3) is 0 Å². The van der Waals surface area contributed by atoms with E-state index >= 15 is 0 Å². The van der Waals surface area contributed by atoms with Gasteiger partial charge in [0.2, 0.25) is 11.2 Å². The Bertz CT molecular complexity index is 577. The van der Waals surface area contributed by atoms with Gasteiger partial charge in [-0.05, 0) is 30.7 Å². The third-order valence-corrected chi connectivity index (χ3v) is 2.23. The standard InChI is InChI=1S/C11H9ClF2N4O/c1-2-19-11-17-9(12)16-10(18-11)15-8-6(13)4-3-5-7(8)14/h3-5H,2H2,1H3,(H,15,16,17,18). The fourth-order valence-electron chi connectivity index (χ4n) is 1.31. The highest BCUT2D eigenvalue weighted by molar-refractivity contribution is 6.28. The minimum absolute atomic E-state index is 0.0262. The van der Waals surface area contributed by atoms with Gasteiger partial charge in [-0.25, -0.2) is 8.78 Å². The Hall–Kier alpha value is -2.02. The Labute approximate surface area is 112 Å². The van der Waals surface area contributed by atoms with E-state index in [1.807, 2.05) is 0 Å². The smallest absolute Gasteiger partial charge is 0.322 e. The van der Waals surface area contributed by atoms with Crippen LogP contribution in [0.3, 0.4) is 0 Å². The van der Waals surface area contributed by atoms with Gasteiger partial charge in [0, 0.05) is 0 Å². The molecule has 2 rings (SSSR count). The molecule has 0 saturated carbocycles. The van der Waals surface area contributed by atoms with Crippen LogP contribution >= 0.6 is 11.6 Å². The monoisotopic (exact) mass is 286 g/mol. The summed E-state index contributed by atoms with van der Waals surface area (Å²) in [7, 11) is 0. The Balaban J connectivity index is 2.33. The summed E-state index contributed by atoms with van der Waals surface area (Å²) >= 11 is 5.66. The first kappa shape index (κ1) is 13.4. The van der Waals surface area contributed by atoms with Crippen molar-refractivity contribution in [1.82, 2.24) is 15.0 Å². The molecule has 0 spiro atoms. The highest BCUT2D eigenvalue weighted by Crippen LogP contribution is 2.22. The number of hydrogen-bond acceptors (Lipinski definition) is 5. The highest BCUT2D eigenvalue weighted by Gasteiger charge is 2.12. The minimum Gasteiger partial charge on any atom is -0.464 e. The molecule has 0 aliphatic rings. The summed E-state index contributed by atoms with van der Waals surface area (Å²) in [6.45, 7) is 2.06. The first-order chi connectivity index (χ1) is 9.10. The Morgan fingerprint density at radius 1 is 1.21 bits per heavy atom. The van der Waals surface area contributed by atoms with Crippen molar-refractivity contribution in [1.29, 1.82) is 0 Å². The van der Waals surface area contributed by atoms with Gasteiger partial charge >= 0.3 is 6.01 Å². The van der Waals surface area contributed by atoms with Crippen molar-refractivity contribution >= 4 is 23.2 Å². The van der Waals surface area contributed by atoms with Crippen molar-refractivity contribution in [2.75, 3.05) is 11.9 Å². The summed E-state index contributed by atoms with van der Waals surface area (Å²) in [5, 5.41) is 2.26. The normalized spacial score (nSPS) is 10.3. The Kier molecular flexibility index (Phi) is 4.06. The number of halogens is 3. The van der Waals surface area contributed by atoms with Crippen LogP contribution in [0.1, 0.15) is 6.92 Å². The van der Waals surface area contributed by atoms with Gasteiger partial charge in [-0.2, -0.15) is 15.0 Å². The summed E-state index contributed by atoms with van der Waals surface area (Å²) in [5.74, 6) is -1.64. The number of nitrogens with one attached hydrogen (secondary N) is 1. The van der Waals surface area contributed by atoms with Gasteiger partial charge in [0.25, 0.3) is 0 Å². The lowest BCUT2D eigenvalue weighted by atomic mass is 10.3. The molecule has 1 aromatic carbocycles. The van der Waals surface area contributed by atoms with E-state index in [9.17, 15) is 8.78 Å². The van der Waals surface area contributed by atoms with Crippen LogP contribution in [-0.4, -0.2) is 21.6 Å². The molecule has 0 saturated heterocycles. The third kappa shape index (κ3) is 3.25. The van der Waals surface area contributed by atoms with Gasteiger partial charge in [0.1, 0.15) is 17.3 Å². The van der Waals surface area contributed by atoms with Crippen molar-refractivity contribution in [3.8, 4) is 6.01 Å². The Morgan fingerprint density at radius 3 is 2.53 bits per heavy atom. The van der Waals surface area contributed by atoms with E-state index < -0.39 is 11.6 Å². The van der Waals surface area contributed by atoms with Crippen LogP contribution in [0.5, 0.6) is 6.01 Å². The highest BCUT2D eigenvalue weighted by atomic mass is 35.5. The lowest BCUT2D eigenvalue weighted by Crippen LogP contribution is -2.05. The van der Waals surface area contributed by atoms with E-state index in [0.717, 1.165) is 12.1 Å². The van der Waals surface area contributed by atoms with E-state index in [-0.39, 0.29) is 22.9 Å². The zero-order chi connectivity index (χ0) is 13.8. The van der Waals surface area contributed by atoms with Crippen LogP contribution in [0, 0.1) is 11.6 Å². The maximum Gasteiger partial charge on any atom is 0.322 e. The van der Waals surface area contributed by atoms with E-state index in [1.165, 1.54) is 6.07 Å². The maximum atomic E-state index is 13.4. The molecule has 1 aromatic heterocycles. The summed E-state index contributed by atoms with van der Waals surface area (Å²) in [6.07, 6.45) is 0. The molecule has 0 aliphatic heterocycles. The van der Waals surface area contributed by atoms with Crippen LogP contribution in [0.4, 0.5) is 20.4 Å². The third-order valence-electron chi connectivity index (χ3n) is 2.06. The number of hydrogen-bond donors (Lipinski definition) is 1. The largest absolute Gasteiger partial charge is 0.464 e. The fourth-order valence-corrected chi connectivity index (χ4v) is 1.46. The molecule has 100 valence electrons. The van der Waals surface area contributed by atoms with Crippen molar-refractivity contribution < 1.29 is 13.5 Å². The second-order valence-electron chi connectivity index (χ2n) is 3.37. The van der Waals surface area contributed by atoms with Gasteiger partial charge in [0.15, 0.2) is 0 Å². The number of para-hydroxylation sites is 1. The van der Waals surface area contributed by atoms with Gasteiger partial charge in [-0.1, -0.05) is 6.07 Å². The molecule has 0 atom stereocenters. The number of benzene rings is 1. The van der Waals surface area contributed by atoms with Crippen molar-refractivity contribution in [3.63, 3.8) is 0 Å². The molecule has 0 radical (unpaired) electrons. The fraction of sp³-hybridized carbons (Fsp3) is 0.182. The van der Waals surface area contributed by atoms with E-state index in [1.54, 1.807) is 6.92 Å². The van der Waals surface area contributed by atoms with Gasteiger partial charge < -0.3 is 10.1 Å². The molecule has 1 heterocycles. The topological polar surface area (TPSA) is 59.9 Å². The molecule has 1 N–H and O–H groups in total. The molecule has 19 heavy (non-hydrogen) atoms. The van der Waals surface area contributed by atoms with E-state index in [4.69, 9.17) is 16.3 Å². The van der Waals surface area contributed by atoms with Crippen LogP contribution < -0.4 is 10.1 Å². The summed E-state index contributed by atoms with van der Waals surface area (Å²) in [4.78, 5) is 11.2. The number of nitrogens with zero attached hydrogens (tertiary/aromatic N) is 3. The molecule has 0 unspecified atom stereocenters. The number of anilines is 2. The number of aromatic nitrogens is 3. The summed E-state index contributed by atoms with van der Waals surface area (Å²) in [5.41, 5.74) is -0.368. The zero-order valence-electron chi connectivity index (χ0n) is 9.82. The molecular formula is C11H9ClF2N4O. The lowest BCUT2D eigenvalue weighted by Gasteiger charge is -2.08.